The smallest absolute Gasteiger partial charge is 0.144 e. The molecule has 2 heteroatoms. The van der Waals surface area contributed by atoms with Gasteiger partial charge in [0.25, 0.3) is 0 Å². The molecule has 1 aromatic carbocycles. The van der Waals surface area contributed by atoms with E-state index in [0.717, 1.165) is 12.0 Å². The number of carbonyl (C=O) groups is 1. The standard InChI is InChI=1S/C12H13ClO/c1-12(8-13)10-5-3-2-4-9(10)6-7-11(12)14/h2-5H,6-8H2,1H3. The maximum Gasteiger partial charge on any atom is 0.144 e. The number of benzene rings is 1. The third kappa shape index (κ3) is 1.27. The van der Waals surface area contributed by atoms with Crippen molar-refractivity contribution in [3.63, 3.8) is 0 Å². The zero-order chi connectivity index (χ0) is 10.2. The molecule has 1 aliphatic rings. The number of hydrogen-bond donors (Lipinski definition) is 0. The molecule has 1 unspecified atom stereocenters. The van der Waals surface area contributed by atoms with Gasteiger partial charge in [-0.15, -0.1) is 11.6 Å². The fraction of sp³-hybridized carbons (Fsp3) is 0.417. The summed E-state index contributed by atoms with van der Waals surface area (Å²) >= 11 is 5.92. The van der Waals surface area contributed by atoms with Crippen molar-refractivity contribution in [1.82, 2.24) is 0 Å². The molecular formula is C12H13ClO. The van der Waals surface area contributed by atoms with Crippen LogP contribution in [0.5, 0.6) is 0 Å². The lowest BCUT2D eigenvalue weighted by Crippen LogP contribution is -2.38. The minimum Gasteiger partial charge on any atom is -0.299 e. The lowest BCUT2D eigenvalue weighted by molar-refractivity contribution is -0.123. The van der Waals surface area contributed by atoms with Gasteiger partial charge in [-0.3, -0.25) is 4.79 Å². The molecule has 0 saturated heterocycles. The predicted molar refractivity (Wildman–Crippen MR) is 57.8 cm³/mol. The van der Waals surface area contributed by atoms with Gasteiger partial charge in [0, 0.05) is 12.3 Å². The fourth-order valence-electron chi connectivity index (χ4n) is 2.10. The third-order valence-electron chi connectivity index (χ3n) is 3.12. The molecule has 0 N–H and O–H groups in total. The van der Waals surface area contributed by atoms with Crippen molar-refractivity contribution in [1.29, 1.82) is 0 Å². The second kappa shape index (κ2) is 3.39. The van der Waals surface area contributed by atoms with Gasteiger partial charge in [-0.25, -0.2) is 0 Å². The lowest BCUT2D eigenvalue weighted by Gasteiger charge is -2.32. The molecular weight excluding hydrogens is 196 g/mol. The van der Waals surface area contributed by atoms with Gasteiger partial charge >= 0.3 is 0 Å². The minimum absolute atomic E-state index is 0.270. The predicted octanol–water partition coefficient (Wildman–Crippen LogP) is 2.70. The molecule has 1 aliphatic carbocycles. The number of Topliss-reactive ketones (excluding diaryl/α,β-unsaturated/α-hetero) is 1. The van der Waals surface area contributed by atoms with Crippen LogP contribution in [0.15, 0.2) is 24.3 Å². The monoisotopic (exact) mass is 208 g/mol. The number of hydrogen-bond acceptors (Lipinski definition) is 1. The minimum atomic E-state index is -0.462. The number of alkyl halides is 1. The molecule has 0 aromatic heterocycles. The SMILES string of the molecule is CC1(CCl)C(=O)CCc2ccccc21. The molecule has 0 saturated carbocycles. The highest BCUT2D eigenvalue weighted by molar-refractivity contribution is 6.21. The highest BCUT2D eigenvalue weighted by Gasteiger charge is 2.38. The summed E-state index contributed by atoms with van der Waals surface area (Å²) in [7, 11) is 0. The Kier molecular flexibility index (Phi) is 2.36. The Hall–Kier alpha value is -0.820. The van der Waals surface area contributed by atoms with Crippen LogP contribution in [-0.2, 0) is 16.6 Å². The molecule has 1 nitrogen and oxygen atoms in total. The summed E-state index contributed by atoms with van der Waals surface area (Å²) in [4.78, 5) is 11.8. The van der Waals surface area contributed by atoms with Crippen LogP contribution in [0.25, 0.3) is 0 Å². The summed E-state index contributed by atoms with van der Waals surface area (Å²) in [6.45, 7) is 1.94. The van der Waals surface area contributed by atoms with E-state index >= 15 is 0 Å². The quantitative estimate of drug-likeness (QED) is 0.649. The molecule has 0 amide bonds. The second-order valence-corrected chi connectivity index (χ2v) is 4.31. The molecule has 0 bridgehead atoms. The van der Waals surface area contributed by atoms with Gasteiger partial charge in [-0.2, -0.15) is 0 Å². The summed E-state index contributed by atoms with van der Waals surface area (Å²) < 4.78 is 0. The highest BCUT2D eigenvalue weighted by atomic mass is 35.5. The van der Waals surface area contributed by atoms with Crippen molar-refractivity contribution >= 4 is 17.4 Å². The number of halogens is 1. The van der Waals surface area contributed by atoms with E-state index in [9.17, 15) is 4.79 Å². The van der Waals surface area contributed by atoms with E-state index in [1.165, 1.54) is 5.56 Å². The molecule has 14 heavy (non-hydrogen) atoms. The maximum absolute atomic E-state index is 11.8. The first-order valence-electron chi connectivity index (χ1n) is 4.86. The van der Waals surface area contributed by atoms with Crippen LogP contribution in [0.1, 0.15) is 24.5 Å². The van der Waals surface area contributed by atoms with Crippen LogP contribution < -0.4 is 0 Å². The van der Waals surface area contributed by atoms with E-state index in [2.05, 4.69) is 6.07 Å². The first kappa shape index (κ1) is 9.72. The summed E-state index contributed by atoms with van der Waals surface area (Å²) in [6, 6.07) is 8.10. The second-order valence-electron chi connectivity index (χ2n) is 4.05. The van der Waals surface area contributed by atoms with Gasteiger partial charge in [0.2, 0.25) is 0 Å². The van der Waals surface area contributed by atoms with Gasteiger partial charge in [0.15, 0.2) is 0 Å². The van der Waals surface area contributed by atoms with Crippen molar-refractivity contribution in [2.24, 2.45) is 0 Å². The van der Waals surface area contributed by atoms with E-state index in [-0.39, 0.29) is 5.78 Å². The molecule has 0 radical (unpaired) electrons. The summed E-state index contributed by atoms with van der Waals surface area (Å²) in [5.74, 6) is 0.647. The average Bonchev–Trinajstić information content (AvgIpc) is 2.24. The Morgan fingerprint density at radius 1 is 1.36 bits per heavy atom. The summed E-state index contributed by atoms with van der Waals surface area (Å²) in [5, 5.41) is 0. The molecule has 74 valence electrons. The maximum atomic E-state index is 11.8. The van der Waals surface area contributed by atoms with Gasteiger partial charge < -0.3 is 0 Å². The van der Waals surface area contributed by atoms with Crippen LogP contribution in [0.2, 0.25) is 0 Å². The van der Waals surface area contributed by atoms with E-state index in [1.54, 1.807) is 0 Å². The Labute approximate surface area is 89.1 Å². The summed E-state index contributed by atoms with van der Waals surface area (Å²) in [5.41, 5.74) is 1.93. The molecule has 0 spiro atoms. The van der Waals surface area contributed by atoms with E-state index in [4.69, 9.17) is 11.6 Å². The van der Waals surface area contributed by atoms with Crippen molar-refractivity contribution < 1.29 is 4.79 Å². The Bertz CT molecular complexity index is 372. The third-order valence-corrected chi connectivity index (χ3v) is 3.65. The Morgan fingerprint density at radius 2 is 2.07 bits per heavy atom. The summed E-state index contributed by atoms with van der Waals surface area (Å²) in [6.07, 6.45) is 1.49. The van der Waals surface area contributed by atoms with Gasteiger partial charge in [-0.05, 0) is 24.5 Å². The van der Waals surface area contributed by atoms with Gasteiger partial charge in [0.1, 0.15) is 5.78 Å². The Morgan fingerprint density at radius 3 is 2.79 bits per heavy atom. The zero-order valence-electron chi connectivity index (χ0n) is 8.22. The van der Waals surface area contributed by atoms with Crippen molar-refractivity contribution in [2.45, 2.75) is 25.2 Å². The number of fused-ring (bicyclic) bond motifs is 1. The first-order chi connectivity index (χ1) is 6.68. The van der Waals surface area contributed by atoms with Crippen molar-refractivity contribution in [3.8, 4) is 0 Å². The van der Waals surface area contributed by atoms with Crippen LogP contribution in [0, 0.1) is 0 Å². The van der Waals surface area contributed by atoms with Gasteiger partial charge in [-0.1, -0.05) is 24.3 Å². The average molecular weight is 209 g/mol. The number of aryl methyl sites for hydroxylation is 1. The molecule has 2 rings (SSSR count). The number of ketones is 1. The first-order valence-corrected chi connectivity index (χ1v) is 5.39. The van der Waals surface area contributed by atoms with Crippen LogP contribution in [-0.4, -0.2) is 11.7 Å². The molecule has 0 aliphatic heterocycles. The van der Waals surface area contributed by atoms with Crippen LogP contribution in [0.3, 0.4) is 0 Å². The fourth-order valence-corrected chi connectivity index (χ4v) is 2.39. The zero-order valence-corrected chi connectivity index (χ0v) is 8.97. The van der Waals surface area contributed by atoms with Crippen molar-refractivity contribution in [2.75, 3.05) is 5.88 Å². The normalized spacial score (nSPS) is 26.0. The van der Waals surface area contributed by atoms with Crippen LogP contribution >= 0.6 is 11.6 Å². The number of rotatable bonds is 1. The van der Waals surface area contributed by atoms with Gasteiger partial charge in [0.05, 0.1) is 5.41 Å². The lowest BCUT2D eigenvalue weighted by atomic mass is 9.72. The Balaban J connectivity index is 2.57. The number of carbonyl (C=O) groups excluding carboxylic acids is 1. The van der Waals surface area contributed by atoms with E-state index in [1.807, 2.05) is 25.1 Å². The molecule has 1 aromatic rings. The van der Waals surface area contributed by atoms with E-state index < -0.39 is 5.41 Å². The van der Waals surface area contributed by atoms with Crippen molar-refractivity contribution in [3.05, 3.63) is 35.4 Å². The molecule has 1 atom stereocenters. The largest absolute Gasteiger partial charge is 0.299 e. The highest BCUT2D eigenvalue weighted by Crippen LogP contribution is 2.35. The van der Waals surface area contributed by atoms with Crippen LogP contribution in [0.4, 0.5) is 0 Å². The topological polar surface area (TPSA) is 17.1 Å². The molecule has 0 fully saturated rings. The van der Waals surface area contributed by atoms with E-state index in [0.29, 0.717) is 12.3 Å². The molecule has 0 heterocycles.